The molecule has 1 saturated carbocycles. The molecular weight excluding hydrogens is 230 g/mol. The quantitative estimate of drug-likeness (QED) is 0.507. The molecule has 0 radical (unpaired) electrons. The zero-order valence-electron chi connectivity index (χ0n) is 13.5. The number of rotatable bonds is 10. The maximum atomic E-state index is 6.06. The Bertz CT molecular complexity index is 194. The second-order valence-corrected chi connectivity index (χ2v) is 6.78. The first-order chi connectivity index (χ1) is 9.27. The van der Waals surface area contributed by atoms with Gasteiger partial charge in [-0.3, -0.25) is 0 Å². The molecule has 1 heteroatoms. The Balaban J connectivity index is 2.30. The topological polar surface area (TPSA) is 26.0 Å². The van der Waals surface area contributed by atoms with Crippen LogP contribution in [0.3, 0.4) is 0 Å². The van der Waals surface area contributed by atoms with E-state index in [-0.39, 0.29) is 0 Å². The highest BCUT2D eigenvalue weighted by Gasteiger charge is 2.25. The summed E-state index contributed by atoms with van der Waals surface area (Å²) in [7, 11) is 0. The third kappa shape index (κ3) is 7.34. The van der Waals surface area contributed by atoms with Crippen LogP contribution in [0.5, 0.6) is 0 Å². The van der Waals surface area contributed by atoms with Crippen molar-refractivity contribution in [2.24, 2.45) is 17.6 Å². The lowest BCUT2D eigenvalue weighted by atomic mass is 9.74. The number of hydrogen-bond acceptors (Lipinski definition) is 1. The van der Waals surface area contributed by atoms with Gasteiger partial charge in [0.25, 0.3) is 0 Å². The van der Waals surface area contributed by atoms with Gasteiger partial charge in [0.2, 0.25) is 0 Å². The van der Waals surface area contributed by atoms with Crippen molar-refractivity contribution in [2.75, 3.05) is 0 Å². The summed E-state index contributed by atoms with van der Waals surface area (Å²) in [5.41, 5.74) is 6.06. The second kappa shape index (κ2) is 10.7. The largest absolute Gasteiger partial charge is 0.328 e. The van der Waals surface area contributed by atoms with Crippen LogP contribution in [-0.4, -0.2) is 6.04 Å². The highest BCUT2D eigenvalue weighted by atomic mass is 14.6. The van der Waals surface area contributed by atoms with Crippen molar-refractivity contribution in [3.8, 4) is 0 Å². The second-order valence-electron chi connectivity index (χ2n) is 6.78. The van der Waals surface area contributed by atoms with Crippen molar-refractivity contribution in [2.45, 2.75) is 103 Å². The minimum Gasteiger partial charge on any atom is -0.328 e. The van der Waals surface area contributed by atoms with Crippen LogP contribution < -0.4 is 5.73 Å². The average molecular weight is 268 g/mol. The predicted octanol–water partition coefficient (Wildman–Crippen LogP) is 5.67. The Hall–Kier alpha value is -0.0400. The van der Waals surface area contributed by atoms with E-state index in [1.165, 1.54) is 83.5 Å². The van der Waals surface area contributed by atoms with Crippen LogP contribution in [0.15, 0.2) is 0 Å². The van der Waals surface area contributed by atoms with E-state index in [1.54, 1.807) is 0 Å². The summed E-state index contributed by atoms with van der Waals surface area (Å²) in [6.45, 7) is 4.62. The smallest absolute Gasteiger partial charge is 0.00390 e. The van der Waals surface area contributed by atoms with Crippen molar-refractivity contribution < 1.29 is 0 Å². The summed E-state index contributed by atoms with van der Waals surface area (Å²) in [5, 5.41) is 0. The zero-order chi connectivity index (χ0) is 13.9. The Labute approximate surface area is 121 Å². The van der Waals surface area contributed by atoms with Gasteiger partial charge in [-0.25, -0.2) is 0 Å². The van der Waals surface area contributed by atoms with E-state index in [1.807, 2.05) is 0 Å². The molecule has 0 amide bonds. The van der Waals surface area contributed by atoms with Crippen LogP contribution in [-0.2, 0) is 0 Å². The van der Waals surface area contributed by atoms with E-state index in [9.17, 15) is 0 Å². The van der Waals surface area contributed by atoms with Crippen LogP contribution in [0.1, 0.15) is 97.3 Å². The molecular formula is C18H37N. The molecule has 0 aromatic carbocycles. The SMILES string of the molecule is CCCCCC[C@H](CCCCC)C1CCC(N)CC1. The Kier molecular flexibility index (Phi) is 9.59. The monoisotopic (exact) mass is 267 g/mol. The molecule has 0 aromatic heterocycles. The van der Waals surface area contributed by atoms with Crippen molar-refractivity contribution in [3.63, 3.8) is 0 Å². The molecule has 1 rings (SSSR count). The molecule has 0 aromatic rings. The van der Waals surface area contributed by atoms with Gasteiger partial charge in [-0.2, -0.15) is 0 Å². The highest BCUT2D eigenvalue weighted by Crippen LogP contribution is 2.35. The number of nitrogens with two attached hydrogens (primary N) is 1. The zero-order valence-corrected chi connectivity index (χ0v) is 13.5. The van der Waals surface area contributed by atoms with Gasteiger partial charge in [-0.05, 0) is 37.5 Å². The Morgan fingerprint density at radius 1 is 0.789 bits per heavy atom. The van der Waals surface area contributed by atoms with E-state index >= 15 is 0 Å². The van der Waals surface area contributed by atoms with E-state index in [4.69, 9.17) is 5.73 Å². The fourth-order valence-corrected chi connectivity index (χ4v) is 3.72. The first-order valence-electron chi connectivity index (χ1n) is 9.03. The molecule has 2 N–H and O–H groups in total. The molecule has 1 atom stereocenters. The first-order valence-corrected chi connectivity index (χ1v) is 9.03. The summed E-state index contributed by atoms with van der Waals surface area (Å²) in [4.78, 5) is 0. The van der Waals surface area contributed by atoms with Crippen LogP contribution >= 0.6 is 0 Å². The van der Waals surface area contributed by atoms with Crippen molar-refractivity contribution in [1.29, 1.82) is 0 Å². The molecule has 1 aliphatic carbocycles. The fourth-order valence-electron chi connectivity index (χ4n) is 3.72. The van der Waals surface area contributed by atoms with Gasteiger partial charge < -0.3 is 5.73 Å². The number of hydrogen-bond donors (Lipinski definition) is 1. The highest BCUT2D eigenvalue weighted by molar-refractivity contribution is 4.79. The third-order valence-electron chi connectivity index (χ3n) is 5.09. The lowest BCUT2D eigenvalue weighted by Gasteiger charge is -2.33. The van der Waals surface area contributed by atoms with E-state index in [0.717, 1.165) is 11.8 Å². The van der Waals surface area contributed by atoms with Gasteiger partial charge in [0, 0.05) is 6.04 Å². The van der Waals surface area contributed by atoms with E-state index < -0.39 is 0 Å². The minimum atomic E-state index is 0.507. The summed E-state index contributed by atoms with van der Waals surface area (Å²) in [5.74, 6) is 2.01. The molecule has 0 aliphatic heterocycles. The number of unbranched alkanes of at least 4 members (excludes halogenated alkanes) is 5. The van der Waals surface area contributed by atoms with Gasteiger partial charge in [0.15, 0.2) is 0 Å². The molecule has 19 heavy (non-hydrogen) atoms. The van der Waals surface area contributed by atoms with Crippen molar-refractivity contribution in [3.05, 3.63) is 0 Å². The Morgan fingerprint density at radius 3 is 1.89 bits per heavy atom. The average Bonchev–Trinajstić information content (AvgIpc) is 2.43. The first kappa shape index (κ1) is 17.0. The van der Waals surface area contributed by atoms with Crippen LogP contribution in [0, 0.1) is 11.8 Å². The maximum Gasteiger partial charge on any atom is 0.00390 e. The lowest BCUT2D eigenvalue weighted by molar-refractivity contribution is 0.204. The van der Waals surface area contributed by atoms with Crippen molar-refractivity contribution in [1.82, 2.24) is 0 Å². The lowest BCUT2D eigenvalue weighted by Crippen LogP contribution is -2.29. The van der Waals surface area contributed by atoms with Crippen molar-refractivity contribution >= 4 is 0 Å². The predicted molar refractivity (Wildman–Crippen MR) is 86.3 cm³/mol. The minimum absolute atomic E-state index is 0.507. The van der Waals surface area contributed by atoms with E-state index in [2.05, 4.69) is 13.8 Å². The fraction of sp³-hybridized carbons (Fsp3) is 1.00. The van der Waals surface area contributed by atoms with Gasteiger partial charge in [-0.1, -0.05) is 71.6 Å². The summed E-state index contributed by atoms with van der Waals surface area (Å²) in [6, 6.07) is 0.507. The third-order valence-corrected chi connectivity index (χ3v) is 5.09. The maximum absolute atomic E-state index is 6.06. The van der Waals surface area contributed by atoms with Crippen LogP contribution in [0.25, 0.3) is 0 Å². The van der Waals surface area contributed by atoms with Gasteiger partial charge in [0.1, 0.15) is 0 Å². The van der Waals surface area contributed by atoms with Crippen LogP contribution in [0.2, 0.25) is 0 Å². The van der Waals surface area contributed by atoms with E-state index in [0.29, 0.717) is 6.04 Å². The van der Waals surface area contributed by atoms with Crippen LogP contribution in [0.4, 0.5) is 0 Å². The summed E-state index contributed by atoms with van der Waals surface area (Å²) < 4.78 is 0. The van der Waals surface area contributed by atoms with Gasteiger partial charge >= 0.3 is 0 Å². The molecule has 1 fully saturated rings. The Morgan fingerprint density at radius 2 is 1.32 bits per heavy atom. The summed E-state index contributed by atoms with van der Waals surface area (Å²) in [6.07, 6.45) is 18.3. The molecule has 1 nitrogen and oxygen atoms in total. The molecule has 114 valence electrons. The molecule has 0 bridgehead atoms. The molecule has 0 unspecified atom stereocenters. The normalized spacial score (nSPS) is 25.4. The van der Waals surface area contributed by atoms with Gasteiger partial charge in [-0.15, -0.1) is 0 Å². The molecule has 0 heterocycles. The summed E-state index contributed by atoms with van der Waals surface area (Å²) >= 11 is 0. The molecule has 0 spiro atoms. The molecule has 1 aliphatic rings. The molecule has 0 saturated heterocycles. The van der Waals surface area contributed by atoms with Gasteiger partial charge in [0.05, 0.1) is 0 Å². The standard InChI is InChI=1S/C18H37N/c1-3-5-7-9-11-16(10-8-6-4-2)17-12-14-18(19)15-13-17/h16-18H,3-15,19H2,1-2H3/t16-,17?,18?/m0/s1.